The van der Waals surface area contributed by atoms with Gasteiger partial charge >= 0.3 is 0 Å². The van der Waals surface area contributed by atoms with Crippen LogP contribution in [0.4, 0.5) is 0 Å². The number of rotatable bonds is 3. The first-order chi connectivity index (χ1) is 8.61. The van der Waals surface area contributed by atoms with E-state index in [2.05, 4.69) is 6.07 Å². The normalized spacial score (nSPS) is 10.6. The van der Waals surface area contributed by atoms with E-state index in [1.807, 2.05) is 31.2 Å². The van der Waals surface area contributed by atoms with Crippen molar-refractivity contribution in [3.05, 3.63) is 52.5 Å². The summed E-state index contributed by atoms with van der Waals surface area (Å²) in [6.45, 7) is 2.55. The first kappa shape index (κ1) is 12.9. The summed E-state index contributed by atoms with van der Waals surface area (Å²) in [4.78, 5) is 0. The summed E-state index contributed by atoms with van der Waals surface area (Å²) in [6.07, 6.45) is 0.834. The fourth-order valence-corrected chi connectivity index (χ4v) is 2.12. The zero-order chi connectivity index (χ0) is 13.1. The highest BCUT2D eigenvalue weighted by molar-refractivity contribution is 6.31. The van der Waals surface area contributed by atoms with E-state index in [0.717, 1.165) is 23.1 Å². The Balaban J connectivity index is 2.48. The molecule has 94 valence electrons. The number of nitrogens with two attached hydrogens (primary N) is 1. The molecule has 0 heterocycles. The van der Waals surface area contributed by atoms with E-state index >= 15 is 0 Å². The Hall–Kier alpha value is -1.51. The fraction of sp³-hybridized carbons (Fsp3) is 0.200. The van der Waals surface area contributed by atoms with Crippen LogP contribution < -0.4 is 5.73 Å². The molecule has 0 aliphatic heterocycles. The van der Waals surface area contributed by atoms with E-state index in [1.165, 1.54) is 5.56 Å². The van der Waals surface area contributed by atoms with Gasteiger partial charge in [0.25, 0.3) is 0 Å². The maximum atomic E-state index is 9.98. The van der Waals surface area contributed by atoms with Crippen LogP contribution in [0.5, 0.6) is 5.75 Å². The lowest BCUT2D eigenvalue weighted by Gasteiger charge is -2.09. The molecule has 3 N–H and O–H groups in total. The fourth-order valence-electron chi connectivity index (χ4n) is 1.96. The van der Waals surface area contributed by atoms with Crippen LogP contribution in [0.1, 0.15) is 11.1 Å². The topological polar surface area (TPSA) is 46.2 Å². The van der Waals surface area contributed by atoms with Crippen molar-refractivity contribution in [3.63, 3.8) is 0 Å². The molecule has 0 fully saturated rings. The number of phenolic OH excluding ortho intramolecular Hbond substituents is 1. The van der Waals surface area contributed by atoms with E-state index in [1.54, 1.807) is 6.07 Å². The third-order valence-electron chi connectivity index (χ3n) is 2.95. The third-order valence-corrected chi connectivity index (χ3v) is 3.36. The van der Waals surface area contributed by atoms with E-state index < -0.39 is 0 Å². The molecule has 0 radical (unpaired) electrons. The number of aromatic hydroxyl groups is 1. The van der Waals surface area contributed by atoms with Crippen molar-refractivity contribution >= 4 is 11.6 Å². The van der Waals surface area contributed by atoms with Gasteiger partial charge in [0.2, 0.25) is 0 Å². The van der Waals surface area contributed by atoms with Gasteiger partial charge in [-0.2, -0.15) is 0 Å². The molecule has 0 amide bonds. The monoisotopic (exact) mass is 261 g/mol. The van der Waals surface area contributed by atoms with Gasteiger partial charge in [-0.25, -0.2) is 0 Å². The predicted molar refractivity (Wildman–Crippen MR) is 76.0 cm³/mol. The molecule has 0 spiro atoms. The Morgan fingerprint density at radius 3 is 2.72 bits per heavy atom. The van der Waals surface area contributed by atoms with E-state index in [0.29, 0.717) is 11.6 Å². The van der Waals surface area contributed by atoms with Gasteiger partial charge in [0.05, 0.1) is 0 Å². The second-order valence-electron chi connectivity index (χ2n) is 4.36. The highest BCUT2D eigenvalue weighted by Gasteiger charge is 2.08. The van der Waals surface area contributed by atoms with Gasteiger partial charge < -0.3 is 10.8 Å². The van der Waals surface area contributed by atoms with Crippen LogP contribution in [-0.4, -0.2) is 11.7 Å². The quantitative estimate of drug-likeness (QED) is 0.888. The SMILES string of the molecule is Cc1cc(-c2cccc(CCN)c2)c(O)cc1Cl. The first-order valence-electron chi connectivity index (χ1n) is 5.90. The molecule has 0 aromatic heterocycles. The Morgan fingerprint density at radius 2 is 2.00 bits per heavy atom. The van der Waals surface area contributed by atoms with Crippen LogP contribution in [0.3, 0.4) is 0 Å². The van der Waals surface area contributed by atoms with Crippen molar-refractivity contribution in [2.24, 2.45) is 5.73 Å². The molecule has 0 atom stereocenters. The summed E-state index contributed by atoms with van der Waals surface area (Å²) in [5.74, 6) is 0.204. The summed E-state index contributed by atoms with van der Waals surface area (Å²) >= 11 is 5.98. The van der Waals surface area contributed by atoms with Crippen molar-refractivity contribution < 1.29 is 5.11 Å². The lowest BCUT2D eigenvalue weighted by Crippen LogP contribution is -2.02. The highest BCUT2D eigenvalue weighted by Crippen LogP contribution is 2.34. The van der Waals surface area contributed by atoms with Crippen LogP contribution in [0.25, 0.3) is 11.1 Å². The minimum Gasteiger partial charge on any atom is -0.507 e. The van der Waals surface area contributed by atoms with Gasteiger partial charge in [-0.3, -0.25) is 0 Å². The second kappa shape index (κ2) is 5.42. The lowest BCUT2D eigenvalue weighted by molar-refractivity contribution is 0.477. The van der Waals surface area contributed by atoms with Gasteiger partial charge in [-0.15, -0.1) is 0 Å². The number of hydrogen-bond donors (Lipinski definition) is 2. The molecule has 3 heteroatoms. The smallest absolute Gasteiger partial charge is 0.124 e. The summed E-state index contributed by atoms with van der Waals surface area (Å²) in [5, 5.41) is 10.6. The average Bonchev–Trinajstić information content (AvgIpc) is 2.34. The highest BCUT2D eigenvalue weighted by atomic mass is 35.5. The molecule has 2 nitrogen and oxygen atoms in total. The minimum atomic E-state index is 0.204. The zero-order valence-corrected chi connectivity index (χ0v) is 11.0. The Morgan fingerprint density at radius 1 is 1.22 bits per heavy atom. The minimum absolute atomic E-state index is 0.204. The number of halogens is 1. The summed E-state index contributed by atoms with van der Waals surface area (Å²) < 4.78 is 0. The van der Waals surface area contributed by atoms with Crippen molar-refractivity contribution in [3.8, 4) is 16.9 Å². The van der Waals surface area contributed by atoms with Gasteiger partial charge in [0.15, 0.2) is 0 Å². The number of benzene rings is 2. The maximum Gasteiger partial charge on any atom is 0.124 e. The molecular formula is C15H16ClNO. The average molecular weight is 262 g/mol. The van der Waals surface area contributed by atoms with Crippen LogP contribution in [-0.2, 0) is 6.42 Å². The molecule has 0 aliphatic carbocycles. The van der Waals surface area contributed by atoms with Crippen molar-refractivity contribution in [1.29, 1.82) is 0 Å². The van der Waals surface area contributed by atoms with Gasteiger partial charge in [0.1, 0.15) is 5.75 Å². The van der Waals surface area contributed by atoms with Crippen LogP contribution >= 0.6 is 11.6 Å². The molecule has 0 unspecified atom stereocenters. The van der Waals surface area contributed by atoms with Crippen LogP contribution in [0.2, 0.25) is 5.02 Å². The van der Waals surface area contributed by atoms with E-state index in [4.69, 9.17) is 17.3 Å². The van der Waals surface area contributed by atoms with Crippen molar-refractivity contribution in [2.75, 3.05) is 6.54 Å². The largest absolute Gasteiger partial charge is 0.507 e. The van der Waals surface area contributed by atoms with E-state index in [9.17, 15) is 5.11 Å². The predicted octanol–water partition coefficient (Wildman–Crippen LogP) is 3.52. The molecule has 0 aliphatic rings. The first-order valence-corrected chi connectivity index (χ1v) is 6.28. The number of hydrogen-bond acceptors (Lipinski definition) is 2. The van der Waals surface area contributed by atoms with Gasteiger partial charge in [0, 0.05) is 10.6 Å². The Kier molecular flexibility index (Phi) is 3.90. The molecule has 2 aromatic rings. The standard InChI is InChI=1S/C15H16ClNO/c1-10-7-13(15(18)9-14(10)16)12-4-2-3-11(8-12)5-6-17/h2-4,7-9,18H,5-6,17H2,1H3. The van der Waals surface area contributed by atoms with Crippen molar-refractivity contribution in [2.45, 2.75) is 13.3 Å². The molecule has 0 bridgehead atoms. The Bertz CT molecular complexity index is 566. The summed E-state index contributed by atoms with van der Waals surface area (Å²) in [5.41, 5.74) is 9.46. The third kappa shape index (κ3) is 2.66. The molecule has 18 heavy (non-hydrogen) atoms. The Labute approximate surface area is 112 Å². The van der Waals surface area contributed by atoms with Gasteiger partial charge in [-0.05, 0) is 48.7 Å². The number of phenols is 1. The summed E-state index contributed by atoms with van der Waals surface area (Å²) in [6, 6.07) is 11.5. The van der Waals surface area contributed by atoms with E-state index in [-0.39, 0.29) is 5.75 Å². The van der Waals surface area contributed by atoms with Gasteiger partial charge in [-0.1, -0.05) is 35.9 Å². The zero-order valence-electron chi connectivity index (χ0n) is 10.3. The number of aryl methyl sites for hydroxylation is 1. The van der Waals surface area contributed by atoms with Crippen LogP contribution in [0.15, 0.2) is 36.4 Å². The molecule has 0 saturated carbocycles. The molecule has 0 saturated heterocycles. The second-order valence-corrected chi connectivity index (χ2v) is 4.76. The van der Waals surface area contributed by atoms with Crippen molar-refractivity contribution in [1.82, 2.24) is 0 Å². The summed E-state index contributed by atoms with van der Waals surface area (Å²) in [7, 11) is 0. The molecule has 2 rings (SSSR count). The lowest BCUT2D eigenvalue weighted by atomic mass is 9.99. The molecular weight excluding hydrogens is 246 g/mol. The van der Waals surface area contributed by atoms with Crippen LogP contribution in [0, 0.1) is 6.92 Å². The molecule has 2 aromatic carbocycles. The maximum absolute atomic E-state index is 9.98.